The lowest BCUT2D eigenvalue weighted by molar-refractivity contribution is 0.102. The summed E-state index contributed by atoms with van der Waals surface area (Å²) in [6.07, 6.45) is 0. The molecule has 2 aromatic rings. The van der Waals surface area contributed by atoms with Gasteiger partial charge in [0.05, 0.1) is 6.61 Å². The highest BCUT2D eigenvalue weighted by Gasteiger charge is 2.17. The number of anilines is 2. The van der Waals surface area contributed by atoms with E-state index in [9.17, 15) is 4.79 Å². The van der Waals surface area contributed by atoms with Gasteiger partial charge in [-0.3, -0.25) is 4.79 Å². The average molecular weight is 367 g/mol. The second-order valence-electron chi connectivity index (χ2n) is 6.83. The molecule has 0 aliphatic carbocycles. The van der Waals surface area contributed by atoms with Gasteiger partial charge in [-0.2, -0.15) is 0 Å². The Morgan fingerprint density at radius 1 is 1.04 bits per heavy atom. The second kappa shape index (κ2) is 8.91. The third-order valence-electron chi connectivity index (χ3n) is 5.04. The highest BCUT2D eigenvalue weighted by molar-refractivity contribution is 6.04. The summed E-state index contributed by atoms with van der Waals surface area (Å²) in [7, 11) is 0. The van der Waals surface area contributed by atoms with E-state index in [0.29, 0.717) is 12.2 Å². The minimum Gasteiger partial charge on any atom is -0.494 e. The summed E-state index contributed by atoms with van der Waals surface area (Å²) >= 11 is 0. The summed E-state index contributed by atoms with van der Waals surface area (Å²) in [6, 6.07) is 13.4. The van der Waals surface area contributed by atoms with Crippen LogP contribution in [0.4, 0.5) is 11.4 Å². The van der Waals surface area contributed by atoms with Gasteiger partial charge in [-0.05, 0) is 68.4 Å². The van der Waals surface area contributed by atoms with Crippen LogP contribution in [0.1, 0.15) is 29.8 Å². The molecule has 0 saturated carbocycles. The number of amides is 1. The fourth-order valence-corrected chi connectivity index (χ4v) is 3.47. The van der Waals surface area contributed by atoms with Crippen LogP contribution >= 0.6 is 0 Å². The molecule has 5 nitrogen and oxygen atoms in total. The van der Waals surface area contributed by atoms with E-state index in [0.717, 1.165) is 44.2 Å². The summed E-state index contributed by atoms with van der Waals surface area (Å²) in [6.45, 7) is 12.3. The zero-order valence-electron chi connectivity index (χ0n) is 16.5. The molecular formula is C22H29N3O2. The van der Waals surface area contributed by atoms with Gasteiger partial charge in [0.1, 0.15) is 5.75 Å². The molecule has 1 saturated heterocycles. The van der Waals surface area contributed by atoms with E-state index in [-0.39, 0.29) is 5.91 Å². The monoisotopic (exact) mass is 367 g/mol. The van der Waals surface area contributed by atoms with Crippen LogP contribution < -0.4 is 15.0 Å². The molecule has 5 heteroatoms. The molecule has 0 unspecified atom stereocenters. The molecule has 3 rings (SSSR count). The molecule has 144 valence electrons. The Balaban J connectivity index is 1.64. The van der Waals surface area contributed by atoms with Crippen LogP contribution in [-0.4, -0.2) is 50.1 Å². The smallest absolute Gasteiger partial charge is 0.255 e. The first kappa shape index (κ1) is 19.2. The summed E-state index contributed by atoms with van der Waals surface area (Å²) in [5.41, 5.74) is 3.88. The average Bonchev–Trinajstić information content (AvgIpc) is 2.69. The fourth-order valence-electron chi connectivity index (χ4n) is 3.47. The zero-order chi connectivity index (χ0) is 19.2. The number of carbonyl (C=O) groups is 1. The lowest BCUT2D eigenvalue weighted by atomic mass is 10.1. The van der Waals surface area contributed by atoms with Crippen molar-refractivity contribution in [1.29, 1.82) is 0 Å². The Hall–Kier alpha value is -2.53. The molecular weight excluding hydrogens is 338 g/mol. The first-order valence-corrected chi connectivity index (χ1v) is 9.73. The molecule has 0 atom stereocenters. The number of carbonyl (C=O) groups excluding carboxylic acids is 1. The van der Waals surface area contributed by atoms with E-state index in [2.05, 4.69) is 35.0 Å². The van der Waals surface area contributed by atoms with Crippen molar-refractivity contribution in [2.45, 2.75) is 20.8 Å². The number of nitrogens with zero attached hydrogens (tertiary/aromatic N) is 2. The fraction of sp³-hybridized carbons (Fsp3) is 0.409. The van der Waals surface area contributed by atoms with E-state index in [1.54, 1.807) is 12.1 Å². The van der Waals surface area contributed by atoms with E-state index >= 15 is 0 Å². The first-order valence-electron chi connectivity index (χ1n) is 9.73. The standard InChI is InChI=1S/C22H29N3O2/c1-4-24-12-14-25(15-13-24)21-11-8-19(16-17(21)3)23-22(26)18-6-9-20(10-7-18)27-5-2/h6-11,16H,4-5,12-15H2,1-3H3,(H,23,26). The minimum atomic E-state index is -0.109. The number of nitrogens with one attached hydrogen (secondary N) is 1. The quantitative estimate of drug-likeness (QED) is 0.844. The van der Waals surface area contributed by atoms with Crippen LogP contribution in [0.15, 0.2) is 42.5 Å². The third-order valence-corrected chi connectivity index (χ3v) is 5.04. The van der Waals surface area contributed by atoms with Crippen molar-refractivity contribution in [3.05, 3.63) is 53.6 Å². The third kappa shape index (κ3) is 4.80. The van der Waals surface area contributed by atoms with Gasteiger partial charge in [-0.25, -0.2) is 0 Å². The number of aryl methyl sites for hydroxylation is 1. The Kier molecular flexibility index (Phi) is 6.35. The molecule has 2 aromatic carbocycles. The van der Waals surface area contributed by atoms with Crippen LogP contribution in [0, 0.1) is 6.92 Å². The zero-order valence-corrected chi connectivity index (χ0v) is 16.5. The Labute approximate surface area is 161 Å². The number of likely N-dealkylation sites (N-methyl/N-ethyl adjacent to an activating group) is 1. The largest absolute Gasteiger partial charge is 0.494 e. The summed E-state index contributed by atoms with van der Waals surface area (Å²) in [5, 5.41) is 2.99. The first-order chi connectivity index (χ1) is 13.1. The number of hydrogen-bond donors (Lipinski definition) is 1. The van der Waals surface area contributed by atoms with E-state index < -0.39 is 0 Å². The molecule has 1 aliphatic rings. The Morgan fingerprint density at radius 3 is 2.33 bits per heavy atom. The lowest BCUT2D eigenvalue weighted by Gasteiger charge is -2.36. The predicted molar refractivity (Wildman–Crippen MR) is 111 cm³/mol. The van der Waals surface area contributed by atoms with Crippen molar-refractivity contribution in [2.75, 3.05) is 49.5 Å². The van der Waals surface area contributed by atoms with Crippen LogP contribution in [0.25, 0.3) is 0 Å². The van der Waals surface area contributed by atoms with E-state index in [4.69, 9.17) is 4.74 Å². The second-order valence-corrected chi connectivity index (χ2v) is 6.83. The molecule has 1 aliphatic heterocycles. The maximum Gasteiger partial charge on any atom is 0.255 e. The summed E-state index contributed by atoms with van der Waals surface area (Å²) in [4.78, 5) is 17.4. The van der Waals surface area contributed by atoms with E-state index in [1.807, 2.05) is 31.2 Å². The molecule has 27 heavy (non-hydrogen) atoms. The molecule has 0 aromatic heterocycles. The van der Waals surface area contributed by atoms with Gasteiger partial charge < -0.3 is 19.9 Å². The van der Waals surface area contributed by atoms with Gasteiger partial charge in [0.15, 0.2) is 0 Å². The van der Waals surface area contributed by atoms with Crippen LogP contribution in [0.5, 0.6) is 5.75 Å². The lowest BCUT2D eigenvalue weighted by Crippen LogP contribution is -2.46. The molecule has 1 N–H and O–H groups in total. The van der Waals surface area contributed by atoms with Crippen LogP contribution in [0.3, 0.4) is 0 Å². The van der Waals surface area contributed by atoms with Gasteiger partial charge in [0, 0.05) is 43.1 Å². The number of benzene rings is 2. The predicted octanol–water partition coefficient (Wildman–Crippen LogP) is 3.79. The van der Waals surface area contributed by atoms with Crippen molar-refractivity contribution >= 4 is 17.3 Å². The maximum absolute atomic E-state index is 12.5. The molecule has 0 bridgehead atoms. The van der Waals surface area contributed by atoms with Gasteiger partial charge in [0.25, 0.3) is 5.91 Å². The van der Waals surface area contributed by atoms with Crippen LogP contribution in [0.2, 0.25) is 0 Å². The molecule has 1 heterocycles. The Bertz CT molecular complexity index is 766. The van der Waals surface area contributed by atoms with Crippen molar-refractivity contribution in [3.8, 4) is 5.75 Å². The number of rotatable bonds is 6. The maximum atomic E-state index is 12.5. The minimum absolute atomic E-state index is 0.109. The number of hydrogen-bond acceptors (Lipinski definition) is 4. The molecule has 1 amide bonds. The SMILES string of the molecule is CCOc1ccc(C(=O)Nc2ccc(N3CCN(CC)CC3)c(C)c2)cc1. The van der Waals surface area contributed by atoms with Crippen molar-refractivity contribution in [3.63, 3.8) is 0 Å². The van der Waals surface area contributed by atoms with Crippen LogP contribution in [-0.2, 0) is 0 Å². The van der Waals surface area contributed by atoms with E-state index in [1.165, 1.54) is 11.3 Å². The van der Waals surface area contributed by atoms with Crippen molar-refractivity contribution in [1.82, 2.24) is 4.90 Å². The normalized spacial score (nSPS) is 14.9. The van der Waals surface area contributed by atoms with Crippen molar-refractivity contribution in [2.24, 2.45) is 0 Å². The molecule has 1 fully saturated rings. The highest BCUT2D eigenvalue weighted by atomic mass is 16.5. The highest BCUT2D eigenvalue weighted by Crippen LogP contribution is 2.25. The number of piperazine rings is 1. The Morgan fingerprint density at radius 2 is 1.74 bits per heavy atom. The topological polar surface area (TPSA) is 44.8 Å². The summed E-state index contributed by atoms with van der Waals surface area (Å²) < 4.78 is 5.42. The summed E-state index contributed by atoms with van der Waals surface area (Å²) in [5.74, 6) is 0.666. The van der Waals surface area contributed by atoms with Crippen molar-refractivity contribution < 1.29 is 9.53 Å². The molecule has 0 radical (unpaired) electrons. The molecule has 0 spiro atoms. The van der Waals surface area contributed by atoms with Gasteiger partial charge in [-0.1, -0.05) is 6.92 Å². The number of ether oxygens (including phenoxy) is 1. The van der Waals surface area contributed by atoms with Gasteiger partial charge in [-0.15, -0.1) is 0 Å². The van der Waals surface area contributed by atoms with Gasteiger partial charge in [0.2, 0.25) is 0 Å². The van der Waals surface area contributed by atoms with Gasteiger partial charge >= 0.3 is 0 Å².